The zero-order chi connectivity index (χ0) is 15.4. The zero-order valence-electron chi connectivity index (χ0n) is 13.0. The molecule has 0 bridgehead atoms. The molecule has 0 spiro atoms. The maximum absolute atomic E-state index is 12.1. The fraction of sp³-hybridized carbons (Fsp3) is 0.438. The van der Waals surface area contributed by atoms with Crippen molar-refractivity contribution in [3.05, 3.63) is 47.6 Å². The maximum Gasteiger partial charge on any atom is 0.248 e. The van der Waals surface area contributed by atoms with Crippen molar-refractivity contribution >= 4 is 18.3 Å². The lowest BCUT2D eigenvalue weighted by atomic mass is 10.1. The molecular weight excluding hydrogens is 316 g/mol. The molecule has 7 heteroatoms. The Morgan fingerprint density at radius 1 is 1.43 bits per heavy atom. The number of carbonyl (C=O) groups excluding carboxylic acids is 1. The molecule has 0 aliphatic carbocycles. The molecule has 1 saturated heterocycles. The van der Waals surface area contributed by atoms with Crippen LogP contribution in [0.2, 0.25) is 0 Å². The van der Waals surface area contributed by atoms with E-state index < -0.39 is 0 Å². The number of hydrogen-bond acceptors (Lipinski definition) is 5. The normalized spacial score (nSPS) is 18.2. The highest BCUT2D eigenvalue weighted by Gasteiger charge is 2.25. The minimum absolute atomic E-state index is 0. The molecule has 1 amide bonds. The summed E-state index contributed by atoms with van der Waals surface area (Å²) < 4.78 is 5.27. The molecule has 6 nitrogen and oxygen atoms in total. The molecule has 2 aromatic rings. The Balaban J connectivity index is 0.00000192. The van der Waals surface area contributed by atoms with Crippen LogP contribution in [0.4, 0.5) is 0 Å². The third-order valence-electron chi connectivity index (χ3n) is 3.85. The summed E-state index contributed by atoms with van der Waals surface area (Å²) in [5.74, 6) is 1.16. The first-order valence-electron chi connectivity index (χ1n) is 7.60. The zero-order valence-corrected chi connectivity index (χ0v) is 13.8. The lowest BCUT2D eigenvalue weighted by Crippen LogP contribution is -2.33. The van der Waals surface area contributed by atoms with Crippen molar-refractivity contribution in [1.29, 1.82) is 0 Å². The molecule has 124 valence electrons. The molecule has 0 radical (unpaired) electrons. The van der Waals surface area contributed by atoms with Crippen molar-refractivity contribution in [3.8, 4) is 0 Å². The molecule has 1 aromatic heterocycles. The van der Waals surface area contributed by atoms with Crippen molar-refractivity contribution in [2.45, 2.75) is 25.8 Å². The summed E-state index contributed by atoms with van der Waals surface area (Å²) in [6.07, 6.45) is 1.50. The third kappa shape index (κ3) is 4.53. The number of carbonyl (C=O) groups is 1. The second kappa shape index (κ2) is 8.08. The molecule has 1 aromatic carbocycles. The quantitative estimate of drug-likeness (QED) is 0.871. The molecule has 0 saturated carbocycles. The van der Waals surface area contributed by atoms with Crippen LogP contribution in [-0.4, -0.2) is 29.1 Å². The predicted octanol–water partition coefficient (Wildman–Crippen LogP) is 1.87. The summed E-state index contributed by atoms with van der Waals surface area (Å²) in [4.78, 5) is 16.5. The van der Waals surface area contributed by atoms with Crippen LogP contribution >= 0.6 is 12.4 Å². The Morgan fingerprint density at radius 2 is 2.22 bits per heavy atom. The van der Waals surface area contributed by atoms with E-state index in [0.717, 1.165) is 25.1 Å². The van der Waals surface area contributed by atoms with E-state index in [0.29, 0.717) is 18.1 Å². The van der Waals surface area contributed by atoms with Gasteiger partial charge in [-0.2, -0.15) is 4.98 Å². The van der Waals surface area contributed by atoms with Gasteiger partial charge in [0.15, 0.2) is 5.82 Å². The fourth-order valence-corrected chi connectivity index (χ4v) is 2.57. The number of benzene rings is 1. The highest BCUT2D eigenvalue weighted by Crippen LogP contribution is 2.14. The monoisotopic (exact) mass is 336 g/mol. The average Bonchev–Trinajstić information content (AvgIpc) is 3.19. The summed E-state index contributed by atoms with van der Waals surface area (Å²) in [7, 11) is 0. The Bertz CT molecular complexity index is 626. The first kappa shape index (κ1) is 17.4. The number of nitrogens with one attached hydrogen (secondary N) is 2. The van der Waals surface area contributed by atoms with Crippen LogP contribution in [0.5, 0.6) is 0 Å². The van der Waals surface area contributed by atoms with Crippen molar-refractivity contribution in [2.75, 3.05) is 13.1 Å². The molecule has 1 fully saturated rings. The van der Waals surface area contributed by atoms with Crippen molar-refractivity contribution < 1.29 is 9.32 Å². The first-order chi connectivity index (χ1) is 10.7. The smallest absolute Gasteiger partial charge is 0.248 e. The molecule has 1 aliphatic rings. The Hall–Kier alpha value is -1.92. The summed E-state index contributed by atoms with van der Waals surface area (Å²) in [6, 6.07) is 9.71. The van der Waals surface area contributed by atoms with Crippen LogP contribution in [-0.2, 0) is 11.2 Å². The van der Waals surface area contributed by atoms with E-state index in [-0.39, 0.29) is 30.3 Å². The average molecular weight is 337 g/mol. The summed E-state index contributed by atoms with van der Waals surface area (Å²) in [5, 5.41) is 10.1. The maximum atomic E-state index is 12.1. The van der Waals surface area contributed by atoms with Crippen LogP contribution in [0.3, 0.4) is 0 Å². The van der Waals surface area contributed by atoms with Crippen LogP contribution in [0, 0.1) is 5.92 Å². The summed E-state index contributed by atoms with van der Waals surface area (Å²) in [5.41, 5.74) is 1.13. The summed E-state index contributed by atoms with van der Waals surface area (Å²) in [6.45, 7) is 3.50. The van der Waals surface area contributed by atoms with Gasteiger partial charge in [-0.05, 0) is 25.5 Å². The van der Waals surface area contributed by atoms with Gasteiger partial charge in [0.2, 0.25) is 11.8 Å². The molecule has 2 heterocycles. The lowest BCUT2D eigenvalue weighted by molar-refractivity contribution is -0.125. The topological polar surface area (TPSA) is 80.0 Å². The van der Waals surface area contributed by atoms with Crippen LogP contribution < -0.4 is 10.6 Å². The highest BCUT2D eigenvalue weighted by molar-refractivity contribution is 5.85. The van der Waals surface area contributed by atoms with E-state index in [2.05, 4.69) is 20.8 Å². The molecule has 2 N–H and O–H groups in total. The second-order valence-electron chi connectivity index (χ2n) is 5.63. The third-order valence-corrected chi connectivity index (χ3v) is 3.85. The standard InChI is InChI=1S/C16H20N4O2.ClH/c1-11(18-15(21)13-7-8-17-10-13)16-19-14(20-22-16)9-12-5-3-2-4-6-12;/h2-6,11,13,17H,7-10H2,1H3,(H,18,21);1H. The van der Waals surface area contributed by atoms with E-state index in [4.69, 9.17) is 4.52 Å². The van der Waals surface area contributed by atoms with Gasteiger partial charge in [0.1, 0.15) is 6.04 Å². The Kier molecular flexibility index (Phi) is 6.12. The minimum Gasteiger partial charge on any atom is -0.344 e. The number of aromatic nitrogens is 2. The van der Waals surface area contributed by atoms with E-state index in [1.807, 2.05) is 37.3 Å². The van der Waals surface area contributed by atoms with Crippen molar-refractivity contribution in [2.24, 2.45) is 5.92 Å². The number of halogens is 1. The molecule has 23 heavy (non-hydrogen) atoms. The Labute approximate surface area is 141 Å². The largest absolute Gasteiger partial charge is 0.344 e. The predicted molar refractivity (Wildman–Crippen MR) is 88.3 cm³/mol. The van der Waals surface area contributed by atoms with Crippen LogP contribution in [0.15, 0.2) is 34.9 Å². The van der Waals surface area contributed by atoms with Gasteiger partial charge >= 0.3 is 0 Å². The molecular formula is C16H21ClN4O2. The van der Waals surface area contributed by atoms with Gasteiger partial charge in [0.25, 0.3) is 0 Å². The second-order valence-corrected chi connectivity index (χ2v) is 5.63. The molecule has 2 unspecified atom stereocenters. The molecule has 2 atom stereocenters. The van der Waals surface area contributed by atoms with Gasteiger partial charge in [-0.3, -0.25) is 4.79 Å². The lowest BCUT2D eigenvalue weighted by Gasteiger charge is -2.13. The van der Waals surface area contributed by atoms with Crippen molar-refractivity contribution in [3.63, 3.8) is 0 Å². The van der Waals surface area contributed by atoms with Crippen molar-refractivity contribution in [1.82, 2.24) is 20.8 Å². The van der Waals surface area contributed by atoms with Gasteiger partial charge in [-0.15, -0.1) is 12.4 Å². The van der Waals surface area contributed by atoms with Gasteiger partial charge < -0.3 is 15.2 Å². The van der Waals surface area contributed by atoms with Gasteiger partial charge in [-0.1, -0.05) is 35.5 Å². The number of hydrogen-bond donors (Lipinski definition) is 2. The minimum atomic E-state index is -0.273. The van der Waals surface area contributed by atoms with E-state index in [9.17, 15) is 4.79 Å². The van der Waals surface area contributed by atoms with Crippen LogP contribution in [0.25, 0.3) is 0 Å². The number of rotatable bonds is 5. The van der Waals surface area contributed by atoms with Gasteiger partial charge in [0, 0.05) is 13.0 Å². The number of nitrogens with zero attached hydrogens (tertiary/aromatic N) is 2. The molecule has 3 rings (SSSR count). The van der Waals surface area contributed by atoms with Crippen LogP contribution in [0.1, 0.15) is 36.7 Å². The first-order valence-corrected chi connectivity index (χ1v) is 7.60. The van der Waals surface area contributed by atoms with E-state index >= 15 is 0 Å². The highest BCUT2D eigenvalue weighted by atomic mass is 35.5. The molecule has 1 aliphatic heterocycles. The van der Waals surface area contributed by atoms with Gasteiger partial charge in [-0.25, -0.2) is 0 Å². The number of amides is 1. The summed E-state index contributed by atoms with van der Waals surface area (Å²) >= 11 is 0. The van der Waals surface area contributed by atoms with Gasteiger partial charge in [0.05, 0.1) is 5.92 Å². The van der Waals surface area contributed by atoms with E-state index in [1.165, 1.54) is 0 Å². The van der Waals surface area contributed by atoms with E-state index in [1.54, 1.807) is 0 Å². The fourth-order valence-electron chi connectivity index (χ4n) is 2.57. The Morgan fingerprint density at radius 3 is 2.91 bits per heavy atom. The SMILES string of the molecule is CC(NC(=O)C1CCNC1)c1nc(Cc2ccccc2)no1.Cl.